The monoisotopic (exact) mass is 271 g/mol. The van der Waals surface area contributed by atoms with Gasteiger partial charge in [-0.1, -0.05) is 44.0 Å². The first-order valence-corrected chi connectivity index (χ1v) is 8.61. The highest BCUT2D eigenvalue weighted by molar-refractivity contribution is 5.32. The van der Waals surface area contributed by atoms with Crippen LogP contribution in [-0.4, -0.2) is 13.1 Å². The predicted molar refractivity (Wildman–Crippen MR) is 86.1 cm³/mol. The minimum absolute atomic E-state index is 0.752. The van der Waals surface area contributed by atoms with Crippen molar-refractivity contribution in [2.24, 2.45) is 11.8 Å². The zero-order valence-corrected chi connectivity index (χ0v) is 12.9. The molecule has 1 aromatic carbocycles. The molecule has 1 nitrogen and oxygen atoms in total. The smallest absolute Gasteiger partial charge is 0.00203 e. The molecule has 0 aliphatic heterocycles. The lowest BCUT2D eigenvalue weighted by Gasteiger charge is -2.29. The van der Waals surface area contributed by atoms with E-state index in [4.69, 9.17) is 0 Å². The van der Waals surface area contributed by atoms with Crippen LogP contribution in [0.2, 0.25) is 0 Å². The highest BCUT2D eigenvalue weighted by Crippen LogP contribution is 2.31. The summed E-state index contributed by atoms with van der Waals surface area (Å²) in [5.74, 6) is 2.66. The summed E-state index contributed by atoms with van der Waals surface area (Å²) in [5.41, 5.74) is 3.21. The Kier molecular flexibility index (Phi) is 4.77. The van der Waals surface area contributed by atoms with Crippen molar-refractivity contribution in [3.63, 3.8) is 0 Å². The number of nitrogens with one attached hydrogen (secondary N) is 1. The van der Waals surface area contributed by atoms with Gasteiger partial charge in [-0.2, -0.15) is 0 Å². The van der Waals surface area contributed by atoms with Crippen LogP contribution in [0, 0.1) is 11.8 Å². The zero-order valence-electron chi connectivity index (χ0n) is 12.9. The zero-order chi connectivity index (χ0) is 13.8. The fraction of sp³-hybridized carbons (Fsp3) is 0.684. The fourth-order valence-electron chi connectivity index (χ4n) is 4.06. The Morgan fingerprint density at radius 1 is 1.00 bits per heavy atom. The maximum Gasteiger partial charge on any atom is 0.00203 e. The predicted octanol–water partition coefficient (Wildman–Crippen LogP) is 4.52. The van der Waals surface area contributed by atoms with Gasteiger partial charge in [-0.25, -0.2) is 0 Å². The third-order valence-corrected chi connectivity index (χ3v) is 5.45. The molecule has 1 heteroatoms. The molecule has 1 saturated carbocycles. The van der Waals surface area contributed by atoms with Crippen LogP contribution >= 0.6 is 0 Å². The minimum atomic E-state index is 0.752. The van der Waals surface area contributed by atoms with E-state index in [0.29, 0.717) is 0 Å². The SMILES string of the molecule is CC1CCC(CNCC2CCCc3ccccc32)CC1. The van der Waals surface area contributed by atoms with Gasteiger partial charge in [0, 0.05) is 6.54 Å². The van der Waals surface area contributed by atoms with Gasteiger partial charge in [-0.05, 0) is 67.5 Å². The van der Waals surface area contributed by atoms with Crippen molar-refractivity contribution in [3.8, 4) is 0 Å². The van der Waals surface area contributed by atoms with Gasteiger partial charge in [0.15, 0.2) is 0 Å². The molecule has 1 N–H and O–H groups in total. The molecule has 110 valence electrons. The summed E-state index contributed by atoms with van der Waals surface area (Å²) >= 11 is 0. The second kappa shape index (κ2) is 6.76. The maximum absolute atomic E-state index is 3.78. The van der Waals surface area contributed by atoms with Crippen molar-refractivity contribution >= 4 is 0 Å². The fourth-order valence-corrected chi connectivity index (χ4v) is 4.06. The first-order valence-electron chi connectivity index (χ1n) is 8.61. The Balaban J connectivity index is 1.47. The van der Waals surface area contributed by atoms with E-state index in [9.17, 15) is 0 Å². The van der Waals surface area contributed by atoms with Crippen LogP contribution < -0.4 is 5.32 Å². The molecule has 0 radical (unpaired) electrons. The van der Waals surface area contributed by atoms with Gasteiger partial charge in [0.1, 0.15) is 0 Å². The first-order chi connectivity index (χ1) is 9.83. The molecule has 0 amide bonds. The van der Waals surface area contributed by atoms with Crippen LogP contribution in [0.25, 0.3) is 0 Å². The molecule has 2 aliphatic carbocycles. The quantitative estimate of drug-likeness (QED) is 0.849. The molecule has 1 atom stereocenters. The molecule has 20 heavy (non-hydrogen) atoms. The van der Waals surface area contributed by atoms with Crippen molar-refractivity contribution in [2.75, 3.05) is 13.1 Å². The van der Waals surface area contributed by atoms with Crippen molar-refractivity contribution in [1.29, 1.82) is 0 Å². The molecule has 1 unspecified atom stereocenters. The maximum atomic E-state index is 3.78. The third kappa shape index (κ3) is 3.44. The summed E-state index contributed by atoms with van der Waals surface area (Å²) in [5, 5.41) is 3.78. The normalized spacial score (nSPS) is 29.9. The third-order valence-electron chi connectivity index (χ3n) is 5.45. The molecular formula is C19H29N. The number of benzene rings is 1. The summed E-state index contributed by atoms with van der Waals surface area (Å²) in [4.78, 5) is 0. The average Bonchev–Trinajstić information content (AvgIpc) is 2.49. The lowest BCUT2D eigenvalue weighted by atomic mass is 9.81. The lowest BCUT2D eigenvalue weighted by molar-refractivity contribution is 0.279. The first kappa shape index (κ1) is 14.1. The Hall–Kier alpha value is -0.820. The van der Waals surface area contributed by atoms with Gasteiger partial charge in [0.25, 0.3) is 0 Å². The van der Waals surface area contributed by atoms with Gasteiger partial charge in [0.05, 0.1) is 0 Å². The van der Waals surface area contributed by atoms with Crippen molar-refractivity contribution in [2.45, 2.75) is 57.8 Å². The van der Waals surface area contributed by atoms with Crippen LogP contribution in [0.15, 0.2) is 24.3 Å². The van der Waals surface area contributed by atoms with Crippen molar-refractivity contribution in [3.05, 3.63) is 35.4 Å². The Labute approximate surface area is 124 Å². The average molecular weight is 271 g/mol. The van der Waals surface area contributed by atoms with Crippen molar-refractivity contribution < 1.29 is 0 Å². The van der Waals surface area contributed by atoms with Crippen LogP contribution in [0.4, 0.5) is 0 Å². The van der Waals surface area contributed by atoms with Gasteiger partial charge in [0.2, 0.25) is 0 Å². The molecule has 1 aromatic rings. The van der Waals surface area contributed by atoms with E-state index in [-0.39, 0.29) is 0 Å². The Morgan fingerprint density at radius 3 is 2.65 bits per heavy atom. The second-order valence-electron chi connectivity index (χ2n) is 7.07. The minimum Gasteiger partial charge on any atom is -0.316 e. The number of aryl methyl sites for hydroxylation is 1. The summed E-state index contributed by atoms with van der Waals surface area (Å²) in [6, 6.07) is 9.07. The van der Waals surface area contributed by atoms with E-state index < -0.39 is 0 Å². The van der Waals surface area contributed by atoms with E-state index in [0.717, 1.165) is 17.8 Å². The van der Waals surface area contributed by atoms with Crippen LogP contribution in [0.5, 0.6) is 0 Å². The summed E-state index contributed by atoms with van der Waals surface area (Å²) in [6.45, 7) is 4.83. The van der Waals surface area contributed by atoms with Crippen LogP contribution in [-0.2, 0) is 6.42 Å². The highest BCUT2D eigenvalue weighted by Gasteiger charge is 2.21. The second-order valence-corrected chi connectivity index (χ2v) is 7.07. The number of fused-ring (bicyclic) bond motifs is 1. The van der Waals surface area contributed by atoms with Gasteiger partial charge in [-0.15, -0.1) is 0 Å². The summed E-state index contributed by atoms with van der Waals surface area (Å²) < 4.78 is 0. The highest BCUT2D eigenvalue weighted by atomic mass is 14.9. The van der Waals surface area contributed by atoms with Crippen molar-refractivity contribution in [1.82, 2.24) is 5.32 Å². The van der Waals surface area contributed by atoms with E-state index in [1.165, 1.54) is 58.0 Å². The number of hydrogen-bond donors (Lipinski definition) is 1. The number of hydrogen-bond acceptors (Lipinski definition) is 1. The topological polar surface area (TPSA) is 12.0 Å². The molecule has 0 aromatic heterocycles. The molecule has 0 heterocycles. The molecule has 1 fully saturated rings. The van der Waals surface area contributed by atoms with E-state index in [2.05, 4.69) is 36.5 Å². The Morgan fingerprint density at radius 2 is 1.80 bits per heavy atom. The van der Waals surface area contributed by atoms with Crippen LogP contribution in [0.1, 0.15) is 62.5 Å². The van der Waals surface area contributed by atoms with Gasteiger partial charge in [-0.3, -0.25) is 0 Å². The van der Waals surface area contributed by atoms with E-state index in [1.54, 1.807) is 11.1 Å². The number of rotatable bonds is 4. The molecular weight excluding hydrogens is 242 g/mol. The molecule has 3 rings (SSSR count). The van der Waals surface area contributed by atoms with E-state index in [1.807, 2.05) is 0 Å². The largest absolute Gasteiger partial charge is 0.316 e. The van der Waals surface area contributed by atoms with Gasteiger partial charge >= 0.3 is 0 Å². The summed E-state index contributed by atoms with van der Waals surface area (Å²) in [6.07, 6.45) is 9.78. The van der Waals surface area contributed by atoms with Crippen LogP contribution in [0.3, 0.4) is 0 Å². The summed E-state index contributed by atoms with van der Waals surface area (Å²) in [7, 11) is 0. The molecule has 0 saturated heterocycles. The lowest BCUT2D eigenvalue weighted by Crippen LogP contribution is -2.30. The molecule has 0 bridgehead atoms. The van der Waals surface area contributed by atoms with Gasteiger partial charge < -0.3 is 5.32 Å². The Bertz CT molecular complexity index is 418. The van der Waals surface area contributed by atoms with E-state index >= 15 is 0 Å². The molecule has 0 spiro atoms. The molecule has 2 aliphatic rings. The standard InChI is InChI=1S/C19H29N/c1-15-9-11-16(12-10-15)13-20-14-18-7-4-6-17-5-2-3-8-19(17)18/h2-3,5,8,15-16,18,20H,4,6-7,9-14H2,1H3.